The molecule has 7 heteroatoms. The van der Waals surface area contributed by atoms with E-state index in [4.69, 9.17) is 15.9 Å². The maximum Gasteiger partial charge on any atom is 0.333 e. The fraction of sp³-hybridized carbons (Fsp3) is 0.571. The van der Waals surface area contributed by atoms with Gasteiger partial charge in [-0.2, -0.15) is 0 Å². The highest BCUT2D eigenvalue weighted by Gasteiger charge is 2.50. The van der Waals surface area contributed by atoms with Crippen molar-refractivity contribution in [2.45, 2.75) is 12.0 Å². The molecule has 14 heavy (non-hydrogen) atoms. The van der Waals surface area contributed by atoms with Crippen LogP contribution in [0.25, 0.3) is 0 Å². The van der Waals surface area contributed by atoms with Gasteiger partial charge < -0.3 is 20.8 Å². The Labute approximate surface area is 79.1 Å². The highest BCUT2D eigenvalue weighted by atomic mass is 16.4. The van der Waals surface area contributed by atoms with E-state index in [1.807, 2.05) is 0 Å². The molecule has 0 spiro atoms. The molecule has 0 saturated carbocycles. The first-order chi connectivity index (χ1) is 6.38. The van der Waals surface area contributed by atoms with Gasteiger partial charge in [0.2, 0.25) is 0 Å². The van der Waals surface area contributed by atoms with E-state index in [1.54, 1.807) is 0 Å². The smallest absolute Gasteiger partial charge is 0.333 e. The molecule has 0 bridgehead atoms. The number of carbonyl (C=O) groups excluding carboxylic acids is 1. The summed E-state index contributed by atoms with van der Waals surface area (Å²) >= 11 is 0. The largest absolute Gasteiger partial charge is 0.480 e. The third kappa shape index (κ3) is 1.53. The van der Waals surface area contributed by atoms with Crippen molar-refractivity contribution in [1.82, 2.24) is 4.90 Å². The predicted octanol–water partition coefficient (Wildman–Crippen LogP) is -1.91. The van der Waals surface area contributed by atoms with E-state index in [2.05, 4.69) is 0 Å². The van der Waals surface area contributed by atoms with Gasteiger partial charge in [0.05, 0.1) is 0 Å². The van der Waals surface area contributed by atoms with Gasteiger partial charge >= 0.3 is 11.9 Å². The summed E-state index contributed by atoms with van der Waals surface area (Å²) in [7, 11) is 0. The molecule has 78 valence electrons. The van der Waals surface area contributed by atoms with Gasteiger partial charge in [0.1, 0.15) is 6.54 Å². The average Bonchev–Trinajstić information content (AvgIpc) is 2.33. The van der Waals surface area contributed by atoms with Gasteiger partial charge in [0, 0.05) is 13.0 Å². The second-order valence-corrected chi connectivity index (χ2v) is 3.15. The Bertz CT molecular complexity index is 302. The molecule has 0 aromatic rings. The lowest BCUT2D eigenvalue weighted by Crippen LogP contribution is -2.54. The van der Waals surface area contributed by atoms with Crippen molar-refractivity contribution in [3.8, 4) is 0 Å². The first kappa shape index (κ1) is 10.5. The Kier molecular flexibility index (Phi) is 2.43. The van der Waals surface area contributed by atoms with Crippen LogP contribution in [-0.4, -0.2) is 51.6 Å². The average molecular weight is 202 g/mol. The fourth-order valence-corrected chi connectivity index (χ4v) is 1.31. The first-order valence-corrected chi connectivity index (χ1v) is 3.91. The molecule has 4 N–H and O–H groups in total. The number of hydrogen-bond donors (Lipinski definition) is 3. The third-order valence-electron chi connectivity index (χ3n) is 2.15. The summed E-state index contributed by atoms with van der Waals surface area (Å²) < 4.78 is 0. The maximum atomic E-state index is 11.4. The van der Waals surface area contributed by atoms with E-state index in [0.29, 0.717) is 0 Å². The van der Waals surface area contributed by atoms with Crippen LogP contribution >= 0.6 is 0 Å². The van der Waals surface area contributed by atoms with Crippen LogP contribution in [0.2, 0.25) is 0 Å². The molecule has 0 aromatic heterocycles. The number of rotatable bonds is 3. The zero-order valence-electron chi connectivity index (χ0n) is 7.27. The monoisotopic (exact) mass is 202 g/mol. The van der Waals surface area contributed by atoms with E-state index in [9.17, 15) is 14.4 Å². The lowest BCUT2D eigenvalue weighted by atomic mass is 10.00. The van der Waals surface area contributed by atoms with Crippen LogP contribution in [0.15, 0.2) is 0 Å². The molecule has 1 atom stereocenters. The molecular weight excluding hydrogens is 192 g/mol. The minimum Gasteiger partial charge on any atom is -0.480 e. The second kappa shape index (κ2) is 3.26. The maximum absolute atomic E-state index is 11.4. The van der Waals surface area contributed by atoms with Crippen molar-refractivity contribution in [1.29, 1.82) is 0 Å². The summed E-state index contributed by atoms with van der Waals surface area (Å²) in [5.74, 6) is -3.45. The number of carboxylic acid groups (broad SMARTS) is 2. The summed E-state index contributed by atoms with van der Waals surface area (Å²) in [4.78, 5) is 33.2. The zero-order chi connectivity index (χ0) is 10.9. The summed E-state index contributed by atoms with van der Waals surface area (Å²) in [6, 6.07) is 0. The quantitative estimate of drug-likeness (QED) is 0.459. The minimum absolute atomic E-state index is 0.0611. The molecule has 1 unspecified atom stereocenters. The standard InChI is InChI=1S/C7H10N2O5/c8-7(6(13)14)1-2-9(5(7)12)3-4(10)11/h1-3,8H2,(H,10,11)(H,13,14). The number of nitrogens with zero attached hydrogens (tertiary/aromatic N) is 1. The molecule has 1 heterocycles. The normalized spacial score (nSPS) is 26.6. The molecule has 0 aliphatic carbocycles. The number of aliphatic carboxylic acids is 2. The van der Waals surface area contributed by atoms with Gasteiger partial charge in [0.25, 0.3) is 5.91 Å². The topological polar surface area (TPSA) is 121 Å². The van der Waals surface area contributed by atoms with Crippen LogP contribution in [0.4, 0.5) is 0 Å². The first-order valence-electron chi connectivity index (χ1n) is 3.91. The number of carbonyl (C=O) groups is 3. The number of nitrogens with two attached hydrogens (primary N) is 1. The van der Waals surface area contributed by atoms with Crippen LogP contribution in [-0.2, 0) is 14.4 Å². The van der Waals surface area contributed by atoms with E-state index in [-0.39, 0.29) is 13.0 Å². The Morgan fingerprint density at radius 1 is 1.50 bits per heavy atom. The van der Waals surface area contributed by atoms with Crippen molar-refractivity contribution < 1.29 is 24.6 Å². The van der Waals surface area contributed by atoms with Crippen LogP contribution in [0.1, 0.15) is 6.42 Å². The second-order valence-electron chi connectivity index (χ2n) is 3.15. The van der Waals surface area contributed by atoms with Crippen LogP contribution in [0.5, 0.6) is 0 Å². The van der Waals surface area contributed by atoms with Gasteiger partial charge in [-0.15, -0.1) is 0 Å². The van der Waals surface area contributed by atoms with Gasteiger partial charge in [0.15, 0.2) is 5.54 Å². The van der Waals surface area contributed by atoms with Crippen molar-refractivity contribution in [2.24, 2.45) is 5.73 Å². The number of amides is 1. The SMILES string of the molecule is NC1(C(=O)O)CCN(CC(=O)O)C1=O. The minimum atomic E-state index is -1.95. The van der Waals surface area contributed by atoms with E-state index in [0.717, 1.165) is 4.90 Å². The Morgan fingerprint density at radius 2 is 2.07 bits per heavy atom. The molecular formula is C7H10N2O5. The molecule has 1 fully saturated rings. The summed E-state index contributed by atoms with van der Waals surface area (Å²) in [5.41, 5.74) is 3.38. The summed E-state index contributed by atoms with van der Waals surface area (Å²) in [6.45, 7) is -0.445. The zero-order valence-corrected chi connectivity index (χ0v) is 7.27. The molecule has 1 saturated heterocycles. The highest BCUT2D eigenvalue weighted by molar-refractivity contribution is 6.08. The van der Waals surface area contributed by atoms with E-state index < -0.39 is 29.9 Å². The highest BCUT2D eigenvalue weighted by Crippen LogP contribution is 2.20. The molecule has 1 rings (SSSR count). The number of hydrogen-bond acceptors (Lipinski definition) is 4. The lowest BCUT2D eigenvalue weighted by molar-refractivity contribution is -0.152. The van der Waals surface area contributed by atoms with Gasteiger partial charge in [-0.3, -0.25) is 9.59 Å². The van der Waals surface area contributed by atoms with Gasteiger partial charge in [-0.05, 0) is 0 Å². The molecule has 1 amide bonds. The Hall–Kier alpha value is -1.63. The van der Waals surface area contributed by atoms with Crippen molar-refractivity contribution in [3.05, 3.63) is 0 Å². The fourth-order valence-electron chi connectivity index (χ4n) is 1.31. The van der Waals surface area contributed by atoms with Crippen molar-refractivity contribution >= 4 is 17.8 Å². The molecule has 1 aliphatic heterocycles. The Morgan fingerprint density at radius 3 is 2.43 bits per heavy atom. The molecule has 1 aliphatic rings. The van der Waals surface area contributed by atoms with Crippen molar-refractivity contribution in [3.63, 3.8) is 0 Å². The van der Waals surface area contributed by atoms with Crippen molar-refractivity contribution in [2.75, 3.05) is 13.1 Å². The van der Waals surface area contributed by atoms with E-state index >= 15 is 0 Å². The number of likely N-dealkylation sites (tertiary alicyclic amines) is 1. The third-order valence-corrected chi connectivity index (χ3v) is 2.15. The molecule has 0 aromatic carbocycles. The molecule has 7 nitrogen and oxygen atoms in total. The van der Waals surface area contributed by atoms with Gasteiger partial charge in [-0.25, -0.2) is 4.79 Å². The van der Waals surface area contributed by atoms with Crippen LogP contribution in [0, 0.1) is 0 Å². The summed E-state index contributed by atoms with van der Waals surface area (Å²) in [5, 5.41) is 17.1. The Balaban J connectivity index is 2.78. The van der Waals surface area contributed by atoms with Gasteiger partial charge in [-0.1, -0.05) is 0 Å². The predicted molar refractivity (Wildman–Crippen MR) is 43.4 cm³/mol. The number of carboxylic acids is 2. The molecule has 0 radical (unpaired) electrons. The van der Waals surface area contributed by atoms with Crippen LogP contribution in [0.3, 0.4) is 0 Å². The van der Waals surface area contributed by atoms with E-state index in [1.165, 1.54) is 0 Å². The summed E-state index contributed by atoms with van der Waals surface area (Å²) in [6.07, 6.45) is -0.0611. The lowest BCUT2D eigenvalue weighted by Gasteiger charge is -2.17. The van der Waals surface area contributed by atoms with Crippen LogP contribution < -0.4 is 5.73 Å².